The molecule has 6 nitrogen and oxygen atoms in total. The summed E-state index contributed by atoms with van der Waals surface area (Å²) in [6.45, 7) is 1.90. The molecule has 0 spiro atoms. The number of carbonyl (C=O) groups is 3. The Morgan fingerprint density at radius 3 is 2.15 bits per heavy atom. The lowest BCUT2D eigenvalue weighted by molar-refractivity contribution is -0.138. The number of nitrogens with one attached hydrogen (secondary N) is 1. The maximum Gasteiger partial charge on any atom is 0.356 e. The Bertz CT molecular complexity index is 1230. The molecule has 0 saturated heterocycles. The van der Waals surface area contributed by atoms with Crippen LogP contribution in [-0.4, -0.2) is 43.1 Å². The Labute approximate surface area is 193 Å². The van der Waals surface area contributed by atoms with Crippen molar-refractivity contribution in [1.82, 2.24) is 10.2 Å². The summed E-state index contributed by atoms with van der Waals surface area (Å²) in [5.41, 5.74) is 0.756. The number of carbonyl (C=O) groups excluding carboxylic acids is 3. The minimum absolute atomic E-state index is 0.0922. The van der Waals surface area contributed by atoms with E-state index >= 15 is 0 Å². The fourth-order valence-electron chi connectivity index (χ4n) is 3.23. The predicted molar refractivity (Wildman–Crippen MR) is 129 cm³/mol. The van der Waals surface area contributed by atoms with Crippen LogP contribution in [0.3, 0.4) is 0 Å². The average Bonchev–Trinajstić information content (AvgIpc) is 2.83. The fraction of sp³-hybridized carbons (Fsp3) is 0.148. The average molecular weight is 443 g/mol. The Balaban J connectivity index is 2.03. The first-order chi connectivity index (χ1) is 15.9. The zero-order valence-corrected chi connectivity index (χ0v) is 18.9. The smallest absolute Gasteiger partial charge is 0.356 e. The molecule has 0 aromatic heterocycles. The van der Waals surface area contributed by atoms with E-state index in [1.807, 2.05) is 30.3 Å². The number of ketones is 2. The highest BCUT2D eigenvalue weighted by Gasteiger charge is 2.22. The van der Waals surface area contributed by atoms with E-state index in [9.17, 15) is 14.4 Å². The molecule has 0 unspecified atom stereocenters. The summed E-state index contributed by atoms with van der Waals surface area (Å²) in [5, 5.41) is 4.70. The van der Waals surface area contributed by atoms with E-state index in [0.29, 0.717) is 11.1 Å². The van der Waals surface area contributed by atoms with E-state index < -0.39 is 17.5 Å². The Kier molecular flexibility index (Phi) is 7.76. The van der Waals surface area contributed by atoms with Crippen molar-refractivity contribution in [2.45, 2.75) is 6.92 Å². The number of rotatable bonds is 9. The van der Waals surface area contributed by atoms with Crippen LogP contribution in [0.4, 0.5) is 0 Å². The van der Waals surface area contributed by atoms with Crippen LogP contribution in [0.2, 0.25) is 0 Å². The molecule has 0 aliphatic heterocycles. The number of esters is 1. The van der Waals surface area contributed by atoms with Gasteiger partial charge in [0.1, 0.15) is 5.70 Å². The first-order valence-corrected chi connectivity index (χ1v) is 10.6. The van der Waals surface area contributed by atoms with Gasteiger partial charge in [0.2, 0.25) is 0 Å². The topological polar surface area (TPSA) is 75.7 Å². The number of hydrogen-bond donors (Lipinski definition) is 1. The van der Waals surface area contributed by atoms with Crippen molar-refractivity contribution in [3.63, 3.8) is 0 Å². The molecule has 3 rings (SSSR count). The number of benzene rings is 3. The highest BCUT2D eigenvalue weighted by atomic mass is 16.5. The summed E-state index contributed by atoms with van der Waals surface area (Å²) in [4.78, 5) is 40.7. The van der Waals surface area contributed by atoms with Crippen molar-refractivity contribution in [2.24, 2.45) is 0 Å². The summed E-state index contributed by atoms with van der Waals surface area (Å²) in [7, 11) is 3.50. The quantitative estimate of drug-likeness (QED) is 0.175. The summed E-state index contributed by atoms with van der Waals surface area (Å²) in [6.07, 6.45) is 2.80. The number of nitrogens with zero attached hydrogens (tertiary/aromatic N) is 1. The van der Waals surface area contributed by atoms with E-state index in [4.69, 9.17) is 4.74 Å². The van der Waals surface area contributed by atoms with E-state index in [-0.39, 0.29) is 17.9 Å². The lowest BCUT2D eigenvalue weighted by Crippen LogP contribution is -2.24. The van der Waals surface area contributed by atoms with Crippen LogP contribution in [0.1, 0.15) is 27.6 Å². The highest BCUT2D eigenvalue weighted by molar-refractivity contribution is 6.31. The highest BCUT2D eigenvalue weighted by Crippen LogP contribution is 2.20. The molecule has 0 saturated carbocycles. The molecule has 1 N–H and O–H groups in total. The largest absolute Gasteiger partial charge is 0.461 e. The van der Waals surface area contributed by atoms with Gasteiger partial charge in [-0.15, -0.1) is 0 Å². The number of Topliss-reactive ketones (excluding diaryl/α,β-unsaturated/α-hetero) is 2. The van der Waals surface area contributed by atoms with E-state index in [0.717, 1.165) is 10.8 Å². The number of fused-ring (bicyclic) bond motifs is 1. The van der Waals surface area contributed by atoms with E-state index in [1.165, 1.54) is 12.4 Å². The fourth-order valence-corrected chi connectivity index (χ4v) is 3.23. The van der Waals surface area contributed by atoms with Gasteiger partial charge in [-0.05, 0) is 23.8 Å². The van der Waals surface area contributed by atoms with Crippen molar-refractivity contribution >= 4 is 28.3 Å². The van der Waals surface area contributed by atoms with Gasteiger partial charge in [-0.1, -0.05) is 66.7 Å². The molecular formula is C27H26N2O4. The third kappa shape index (κ3) is 5.95. The molecule has 3 aromatic carbocycles. The predicted octanol–water partition coefficient (Wildman–Crippen LogP) is 4.35. The molecule has 6 heteroatoms. The van der Waals surface area contributed by atoms with Crippen LogP contribution < -0.4 is 5.32 Å². The molecule has 0 amide bonds. The lowest BCUT2D eigenvalue weighted by Gasteiger charge is -2.13. The van der Waals surface area contributed by atoms with Crippen LogP contribution in [0.15, 0.2) is 96.5 Å². The SMILES string of the molecule is CCOC(=O)/C(=C/N(C)C)N/C=C(/C(=O)c1ccccc1)C(=O)c1ccc2ccccc2c1. The van der Waals surface area contributed by atoms with Gasteiger partial charge in [0.15, 0.2) is 11.6 Å². The van der Waals surface area contributed by atoms with Gasteiger partial charge >= 0.3 is 5.97 Å². The van der Waals surface area contributed by atoms with Gasteiger partial charge in [0.05, 0.1) is 12.2 Å². The normalized spacial score (nSPS) is 11.7. The Hall–Kier alpha value is -4.19. The second-order valence-corrected chi connectivity index (χ2v) is 7.52. The third-order valence-corrected chi connectivity index (χ3v) is 4.79. The van der Waals surface area contributed by atoms with E-state index in [2.05, 4.69) is 5.32 Å². The number of hydrogen-bond acceptors (Lipinski definition) is 6. The standard InChI is InChI=1S/C27H26N2O4/c1-4-33-27(32)24(18-29(2)3)28-17-23(25(30)20-11-6-5-7-12-20)26(31)22-15-14-19-10-8-9-13-21(19)16-22/h5-18,28H,4H2,1-3H3/b23-17-,24-18-. The summed E-state index contributed by atoms with van der Waals surface area (Å²) in [6, 6.07) is 21.5. The second-order valence-electron chi connectivity index (χ2n) is 7.52. The van der Waals surface area contributed by atoms with Gasteiger partial charge in [-0.3, -0.25) is 9.59 Å². The van der Waals surface area contributed by atoms with Gasteiger partial charge in [0.25, 0.3) is 0 Å². The van der Waals surface area contributed by atoms with Gasteiger partial charge in [-0.2, -0.15) is 0 Å². The zero-order valence-electron chi connectivity index (χ0n) is 18.9. The molecule has 0 aliphatic carbocycles. The molecule has 0 radical (unpaired) electrons. The molecule has 0 heterocycles. The monoisotopic (exact) mass is 442 g/mol. The molecule has 0 atom stereocenters. The first kappa shape index (κ1) is 23.5. The van der Waals surface area contributed by atoms with Gasteiger partial charge in [-0.25, -0.2) is 4.79 Å². The number of ether oxygens (including phenoxy) is 1. The Morgan fingerprint density at radius 2 is 1.48 bits per heavy atom. The van der Waals surface area contributed by atoms with Gasteiger partial charge < -0.3 is 15.0 Å². The molecule has 33 heavy (non-hydrogen) atoms. The number of allylic oxidation sites excluding steroid dienone is 1. The Morgan fingerprint density at radius 1 is 0.848 bits per heavy atom. The first-order valence-electron chi connectivity index (χ1n) is 10.6. The summed E-state index contributed by atoms with van der Waals surface area (Å²) >= 11 is 0. The molecule has 0 aliphatic rings. The van der Waals surface area contributed by atoms with Crippen molar-refractivity contribution < 1.29 is 19.1 Å². The molecule has 168 valence electrons. The van der Waals surface area contributed by atoms with E-state index in [1.54, 1.807) is 68.4 Å². The maximum absolute atomic E-state index is 13.5. The van der Waals surface area contributed by atoms with Gasteiger partial charge in [0, 0.05) is 37.6 Å². The molecule has 0 fully saturated rings. The minimum atomic E-state index is -0.591. The van der Waals surface area contributed by atoms with Crippen molar-refractivity contribution in [2.75, 3.05) is 20.7 Å². The zero-order chi connectivity index (χ0) is 23.8. The van der Waals surface area contributed by atoms with Crippen molar-refractivity contribution in [1.29, 1.82) is 0 Å². The van der Waals surface area contributed by atoms with Crippen LogP contribution in [0.5, 0.6) is 0 Å². The molecular weight excluding hydrogens is 416 g/mol. The van der Waals surface area contributed by atoms with Crippen LogP contribution >= 0.6 is 0 Å². The lowest BCUT2D eigenvalue weighted by atomic mass is 9.95. The second kappa shape index (κ2) is 10.9. The summed E-state index contributed by atoms with van der Waals surface area (Å²) < 4.78 is 5.08. The molecule has 3 aromatic rings. The van der Waals surface area contributed by atoms with Crippen molar-refractivity contribution in [3.8, 4) is 0 Å². The molecule has 0 bridgehead atoms. The van der Waals surface area contributed by atoms with Crippen LogP contribution in [0.25, 0.3) is 10.8 Å². The van der Waals surface area contributed by atoms with Crippen LogP contribution in [-0.2, 0) is 9.53 Å². The van der Waals surface area contributed by atoms with Crippen LogP contribution in [0, 0.1) is 0 Å². The third-order valence-electron chi connectivity index (χ3n) is 4.79. The summed E-state index contributed by atoms with van der Waals surface area (Å²) in [5.74, 6) is -1.49. The minimum Gasteiger partial charge on any atom is -0.461 e. The maximum atomic E-state index is 13.5. The van der Waals surface area contributed by atoms with Crippen molar-refractivity contribution in [3.05, 3.63) is 108 Å².